The second-order valence-electron chi connectivity index (χ2n) is 4.35. The molecule has 0 aliphatic rings. The monoisotopic (exact) mass is 174 g/mol. The zero-order chi connectivity index (χ0) is 9.47. The van der Waals surface area contributed by atoms with Gasteiger partial charge in [0.2, 0.25) is 0 Å². The number of pyridine rings is 1. The second-order valence-corrected chi connectivity index (χ2v) is 4.35. The van der Waals surface area contributed by atoms with Crippen molar-refractivity contribution in [3.8, 4) is 0 Å². The maximum absolute atomic E-state index is 4.50. The number of hydrogen-bond acceptors (Lipinski definition) is 1. The fourth-order valence-corrected chi connectivity index (χ4v) is 1.30. The van der Waals surface area contributed by atoms with Crippen LogP contribution in [0.15, 0.2) is 30.5 Å². The first kappa shape index (κ1) is 8.30. The van der Waals surface area contributed by atoms with Gasteiger partial charge in [-0.3, -0.25) is 0 Å². The van der Waals surface area contributed by atoms with Gasteiger partial charge in [0.25, 0.3) is 0 Å². The van der Waals surface area contributed by atoms with Gasteiger partial charge in [0.05, 0.1) is 11.2 Å². The highest BCUT2D eigenvalue weighted by Gasteiger charge is 2.16. The van der Waals surface area contributed by atoms with Gasteiger partial charge < -0.3 is 0 Å². The first-order chi connectivity index (χ1) is 6.07. The fourth-order valence-electron chi connectivity index (χ4n) is 1.30. The number of hydrogen-bond donors (Lipinski definition) is 0. The molecule has 2 nitrogen and oxygen atoms in total. The summed E-state index contributed by atoms with van der Waals surface area (Å²) in [7, 11) is 0. The Kier molecular flexibility index (Phi) is 1.65. The van der Waals surface area contributed by atoms with Crippen molar-refractivity contribution in [2.45, 2.75) is 26.2 Å². The first-order valence-corrected chi connectivity index (χ1v) is 4.52. The second kappa shape index (κ2) is 2.59. The minimum atomic E-state index is 0.131. The zero-order valence-electron chi connectivity index (χ0n) is 8.28. The lowest BCUT2D eigenvalue weighted by atomic mass is 9.92. The van der Waals surface area contributed by atoms with Crippen molar-refractivity contribution >= 4 is 5.52 Å². The van der Waals surface area contributed by atoms with Crippen LogP contribution in [0.5, 0.6) is 0 Å². The summed E-state index contributed by atoms with van der Waals surface area (Å²) in [5, 5.41) is 4.50. The fraction of sp³-hybridized carbons (Fsp3) is 0.364. The summed E-state index contributed by atoms with van der Waals surface area (Å²) in [6, 6.07) is 8.23. The number of fused-ring (bicyclic) bond motifs is 1. The van der Waals surface area contributed by atoms with E-state index in [1.54, 1.807) is 0 Å². The molecule has 2 aromatic heterocycles. The van der Waals surface area contributed by atoms with Crippen LogP contribution in [0.25, 0.3) is 5.52 Å². The Bertz CT molecular complexity index is 388. The van der Waals surface area contributed by atoms with Crippen LogP contribution in [-0.2, 0) is 5.41 Å². The molecule has 2 heteroatoms. The Morgan fingerprint density at radius 1 is 1.23 bits per heavy atom. The van der Waals surface area contributed by atoms with Crippen LogP contribution >= 0.6 is 0 Å². The topological polar surface area (TPSA) is 17.3 Å². The van der Waals surface area contributed by atoms with E-state index in [9.17, 15) is 0 Å². The highest BCUT2D eigenvalue weighted by molar-refractivity contribution is 5.48. The normalized spacial score (nSPS) is 12.2. The summed E-state index contributed by atoms with van der Waals surface area (Å²) >= 11 is 0. The lowest BCUT2D eigenvalue weighted by molar-refractivity contribution is 0.562. The molecular formula is C11H14N2. The zero-order valence-corrected chi connectivity index (χ0v) is 8.28. The molecular weight excluding hydrogens is 160 g/mol. The van der Waals surface area contributed by atoms with Crippen molar-refractivity contribution in [1.82, 2.24) is 9.61 Å². The predicted octanol–water partition coefficient (Wildman–Crippen LogP) is 2.63. The molecule has 0 N–H and O–H groups in total. The van der Waals surface area contributed by atoms with Gasteiger partial charge in [-0.25, -0.2) is 4.52 Å². The highest BCUT2D eigenvalue weighted by atomic mass is 15.2. The molecule has 0 aliphatic carbocycles. The van der Waals surface area contributed by atoms with Crippen LogP contribution in [0, 0.1) is 0 Å². The van der Waals surface area contributed by atoms with Crippen molar-refractivity contribution in [1.29, 1.82) is 0 Å². The van der Waals surface area contributed by atoms with Crippen molar-refractivity contribution < 1.29 is 0 Å². The summed E-state index contributed by atoms with van der Waals surface area (Å²) in [6.45, 7) is 6.53. The Morgan fingerprint density at radius 3 is 2.62 bits per heavy atom. The van der Waals surface area contributed by atoms with Gasteiger partial charge in [-0.2, -0.15) is 5.10 Å². The standard InChI is InChI=1S/C11H14N2/c1-11(2,3)10-8-9-6-4-5-7-13(9)12-10/h4-8H,1-3H3. The Labute approximate surface area is 78.2 Å². The molecule has 13 heavy (non-hydrogen) atoms. The van der Waals surface area contributed by atoms with E-state index in [4.69, 9.17) is 0 Å². The van der Waals surface area contributed by atoms with E-state index < -0.39 is 0 Å². The van der Waals surface area contributed by atoms with Gasteiger partial charge in [-0.05, 0) is 18.2 Å². The minimum Gasteiger partial charge on any atom is -0.241 e. The molecule has 0 bridgehead atoms. The predicted molar refractivity (Wildman–Crippen MR) is 53.9 cm³/mol. The van der Waals surface area contributed by atoms with E-state index >= 15 is 0 Å². The molecule has 0 aliphatic heterocycles. The van der Waals surface area contributed by atoms with Gasteiger partial charge in [0.15, 0.2) is 0 Å². The van der Waals surface area contributed by atoms with Crippen LogP contribution in [0.3, 0.4) is 0 Å². The maximum atomic E-state index is 4.50. The van der Waals surface area contributed by atoms with E-state index in [1.165, 1.54) is 0 Å². The van der Waals surface area contributed by atoms with E-state index in [1.807, 2.05) is 22.8 Å². The SMILES string of the molecule is CC(C)(C)c1cc2ccccn2n1. The smallest absolute Gasteiger partial charge is 0.0688 e. The van der Waals surface area contributed by atoms with Gasteiger partial charge in [0, 0.05) is 11.6 Å². The van der Waals surface area contributed by atoms with Crippen molar-refractivity contribution in [3.63, 3.8) is 0 Å². The van der Waals surface area contributed by atoms with E-state index in [-0.39, 0.29) is 5.41 Å². The molecule has 2 rings (SSSR count). The van der Waals surface area contributed by atoms with E-state index in [2.05, 4.69) is 38.0 Å². The molecule has 0 saturated heterocycles. The lowest BCUT2D eigenvalue weighted by Gasteiger charge is -2.13. The Balaban J connectivity index is 2.63. The number of aromatic nitrogens is 2. The number of rotatable bonds is 0. The maximum Gasteiger partial charge on any atom is 0.0688 e. The molecule has 0 unspecified atom stereocenters. The van der Waals surface area contributed by atoms with Gasteiger partial charge in [0.1, 0.15) is 0 Å². The molecule has 0 fully saturated rings. The molecule has 0 spiro atoms. The van der Waals surface area contributed by atoms with E-state index in [0.717, 1.165) is 11.2 Å². The van der Waals surface area contributed by atoms with Crippen LogP contribution < -0.4 is 0 Å². The third-order valence-electron chi connectivity index (χ3n) is 2.14. The van der Waals surface area contributed by atoms with Crippen LogP contribution in [-0.4, -0.2) is 9.61 Å². The summed E-state index contributed by atoms with van der Waals surface area (Å²) in [4.78, 5) is 0. The molecule has 68 valence electrons. The minimum absolute atomic E-state index is 0.131. The molecule has 0 atom stereocenters. The van der Waals surface area contributed by atoms with E-state index in [0.29, 0.717) is 0 Å². The molecule has 0 radical (unpaired) electrons. The first-order valence-electron chi connectivity index (χ1n) is 4.52. The van der Waals surface area contributed by atoms with Gasteiger partial charge >= 0.3 is 0 Å². The Morgan fingerprint density at radius 2 is 2.00 bits per heavy atom. The quantitative estimate of drug-likeness (QED) is 0.600. The largest absolute Gasteiger partial charge is 0.241 e. The molecule has 2 heterocycles. The highest BCUT2D eigenvalue weighted by Crippen LogP contribution is 2.21. The average Bonchev–Trinajstić information content (AvgIpc) is 2.45. The summed E-state index contributed by atoms with van der Waals surface area (Å²) in [6.07, 6.45) is 1.98. The molecule has 0 aromatic carbocycles. The molecule has 0 saturated carbocycles. The van der Waals surface area contributed by atoms with Gasteiger partial charge in [-0.1, -0.05) is 26.8 Å². The van der Waals surface area contributed by atoms with Gasteiger partial charge in [-0.15, -0.1) is 0 Å². The van der Waals surface area contributed by atoms with Crippen molar-refractivity contribution in [3.05, 3.63) is 36.2 Å². The third-order valence-corrected chi connectivity index (χ3v) is 2.14. The van der Waals surface area contributed by atoms with Crippen LogP contribution in [0.4, 0.5) is 0 Å². The summed E-state index contributed by atoms with van der Waals surface area (Å²) in [5.74, 6) is 0. The average molecular weight is 174 g/mol. The molecule has 2 aromatic rings. The summed E-state index contributed by atoms with van der Waals surface area (Å²) in [5.41, 5.74) is 2.43. The van der Waals surface area contributed by atoms with Crippen LogP contribution in [0.1, 0.15) is 26.5 Å². The van der Waals surface area contributed by atoms with Crippen LogP contribution in [0.2, 0.25) is 0 Å². The van der Waals surface area contributed by atoms with Crippen molar-refractivity contribution in [2.75, 3.05) is 0 Å². The summed E-state index contributed by atoms with van der Waals surface area (Å²) < 4.78 is 1.92. The number of nitrogens with zero attached hydrogens (tertiary/aromatic N) is 2. The lowest BCUT2D eigenvalue weighted by Crippen LogP contribution is -2.11. The Hall–Kier alpha value is -1.31. The molecule has 0 amide bonds. The third kappa shape index (κ3) is 1.44. The van der Waals surface area contributed by atoms with Crippen molar-refractivity contribution in [2.24, 2.45) is 0 Å².